The fraction of sp³-hybridized carbons (Fsp3) is 0.190. The van der Waals surface area contributed by atoms with Crippen molar-refractivity contribution < 1.29 is 22.7 Å². The molecule has 3 aromatic rings. The molecule has 0 aliphatic heterocycles. The summed E-state index contributed by atoms with van der Waals surface area (Å²) in [7, 11) is 0. The topological polar surface area (TPSA) is 38.3 Å². The number of aryl methyl sites for hydroxylation is 1. The average Bonchev–Trinajstić information content (AvgIpc) is 3.16. The molecule has 0 fully saturated rings. The molecular weight excluding hydrogens is 423 g/mol. The van der Waals surface area contributed by atoms with Crippen LogP contribution in [-0.2, 0) is 19.2 Å². The molecule has 0 saturated heterocycles. The van der Waals surface area contributed by atoms with Crippen LogP contribution in [0.5, 0.6) is 5.75 Å². The number of thiophene rings is 1. The fourth-order valence-electron chi connectivity index (χ4n) is 2.57. The molecule has 29 heavy (non-hydrogen) atoms. The molecule has 3 rings (SSSR count). The Bertz CT molecular complexity index is 1000. The van der Waals surface area contributed by atoms with E-state index < -0.39 is 22.7 Å². The van der Waals surface area contributed by atoms with Gasteiger partial charge in [-0.1, -0.05) is 30.7 Å². The van der Waals surface area contributed by atoms with E-state index in [1.165, 1.54) is 23.0 Å². The number of halogens is 4. The molecule has 152 valence electrons. The third-order valence-corrected chi connectivity index (χ3v) is 5.45. The summed E-state index contributed by atoms with van der Waals surface area (Å²) in [6, 6.07) is 12.7. The summed E-state index contributed by atoms with van der Waals surface area (Å²) in [5, 5.41) is 3.83. The van der Waals surface area contributed by atoms with E-state index in [0.29, 0.717) is 4.88 Å². The summed E-state index contributed by atoms with van der Waals surface area (Å²) in [5.74, 6) is 0.226. The quantitative estimate of drug-likeness (QED) is 0.458. The van der Waals surface area contributed by atoms with Crippen LogP contribution in [0.3, 0.4) is 0 Å². The van der Waals surface area contributed by atoms with Gasteiger partial charge in [0.05, 0.1) is 15.5 Å². The zero-order valence-electron chi connectivity index (χ0n) is 15.3. The van der Waals surface area contributed by atoms with Crippen molar-refractivity contribution in [2.45, 2.75) is 26.1 Å². The first-order valence-corrected chi connectivity index (χ1v) is 9.99. The summed E-state index contributed by atoms with van der Waals surface area (Å²) in [6.45, 7) is 2.36. The lowest BCUT2D eigenvalue weighted by molar-refractivity contribution is -0.137. The number of anilines is 1. The molecule has 3 nitrogen and oxygen atoms in total. The van der Waals surface area contributed by atoms with Crippen molar-refractivity contribution in [1.82, 2.24) is 0 Å². The average molecular weight is 440 g/mol. The van der Waals surface area contributed by atoms with Crippen LogP contribution in [0.1, 0.15) is 33.3 Å². The Morgan fingerprint density at radius 1 is 1.10 bits per heavy atom. The maximum atomic E-state index is 13.0. The van der Waals surface area contributed by atoms with Crippen molar-refractivity contribution in [3.05, 3.63) is 80.5 Å². The van der Waals surface area contributed by atoms with Gasteiger partial charge in [0.25, 0.3) is 5.91 Å². The van der Waals surface area contributed by atoms with Crippen molar-refractivity contribution in [1.29, 1.82) is 0 Å². The van der Waals surface area contributed by atoms with Crippen LogP contribution in [0.15, 0.2) is 53.9 Å². The SMILES string of the molecule is CCc1ccc(OCc2csc(C(=O)Nc3ccc(Cl)c(C(F)(F)F)c3)c2)cc1. The van der Waals surface area contributed by atoms with Gasteiger partial charge in [0.15, 0.2) is 0 Å². The van der Waals surface area contributed by atoms with E-state index in [-0.39, 0.29) is 12.3 Å². The molecule has 8 heteroatoms. The van der Waals surface area contributed by atoms with Crippen LogP contribution in [-0.4, -0.2) is 5.91 Å². The third kappa shape index (κ3) is 5.52. The summed E-state index contributed by atoms with van der Waals surface area (Å²) < 4.78 is 44.6. The van der Waals surface area contributed by atoms with Crippen molar-refractivity contribution in [2.24, 2.45) is 0 Å². The van der Waals surface area contributed by atoms with Gasteiger partial charge in [-0.2, -0.15) is 13.2 Å². The molecule has 0 radical (unpaired) electrons. The normalized spacial score (nSPS) is 11.3. The molecular formula is C21H17ClF3NO2S. The highest BCUT2D eigenvalue weighted by Gasteiger charge is 2.33. The minimum Gasteiger partial charge on any atom is -0.489 e. The molecule has 0 saturated carbocycles. The summed E-state index contributed by atoms with van der Waals surface area (Å²) in [5.41, 5.74) is 1.04. The number of alkyl halides is 3. The molecule has 1 aromatic heterocycles. The monoisotopic (exact) mass is 439 g/mol. The Kier molecular flexibility index (Phi) is 6.49. The second-order valence-corrected chi connectivity index (χ2v) is 7.57. The van der Waals surface area contributed by atoms with E-state index in [2.05, 4.69) is 12.2 Å². The molecule has 1 heterocycles. The minimum absolute atomic E-state index is 0.0222. The van der Waals surface area contributed by atoms with E-state index in [0.717, 1.165) is 29.9 Å². The lowest BCUT2D eigenvalue weighted by Gasteiger charge is -2.11. The van der Waals surface area contributed by atoms with Crippen LogP contribution in [0.2, 0.25) is 5.02 Å². The van der Waals surface area contributed by atoms with Crippen LogP contribution in [0, 0.1) is 0 Å². The smallest absolute Gasteiger partial charge is 0.417 e. The summed E-state index contributed by atoms with van der Waals surface area (Å²) >= 11 is 6.79. The number of hydrogen-bond donors (Lipinski definition) is 1. The van der Waals surface area contributed by atoms with E-state index in [4.69, 9.17) is 16.3 Å². The molecule has 0 aliphatic rings. The van der Waals surface area contributed by atoms with Crippen molar-refractivity contribution >= 4 is 34.5 Å². The molecule has 2 aromatic carbocycles. The first-order valence-electron chi connectivity index (χ1n) is 8.73. The van der Waals surface area contributed by atoms with Crippen molar-refractivity contribution in [3.63, 3.8) is 0 Å². The minimum atomic E-state index is -4.60. The molecule has 1 amide bonds. The molecule has 0 bridgehead atoms. The first kappa shape index (κ1) is 21.2. The summed E-state index contributed by atoms with van der Waals surface area (Å²) in [4.78, 5) is 12.7. The molecule has 1 N–H and O–H groups in total. The Hall–Kier alpha value is -2.51. The largest absolute Gasteiger partial charge is 0.489 e. The highest BCUT2D eigenvalue weighted by molar-refractivity contribution is 7.12. The Morgan fingerprint density at radius 3 is 2.48 bits per heavy atom. The van der Waals surface area contributed by atoms with Gasteiger partial charge in [0.1, 0.15) is 12.4 Å². The Labute approximate surface area is 175 Å². The van der Waals surface area contributed by atoms with Crippen molar-refractivity contribution in [2.75, 3.05) is 5.32 Å². The molecule has 0 spiro atoms. The van der Waals surface area contributed by atoms with Crippen LogP contribution in [0.4, 0.5) is 18.9 Å². The number of amides is 1. The number of nitrogens with one attached hydrogen (secondary N) is 1. The van der Waals surface area contributed by atoms with E-state index in [9.17, 15) is 18.0 Å². The molecule has 0 atom stereocenters. The highest BCUT2D eigenvalue weighted by atomic mass is 35.5. The van der Waals surface area contributed by atoms with Crippen molar-refractivity contribution in [3.8, 4) is 5.75 Å². The van der Waals surface area contributed by atoms with Gasteiger partial charge in [-0.05, 0) is 53.8 Å². The van der Waals surface area contributed by atoms with E-state index >= 15 is 0 Å². The van der Waals surface area contributed by atoms with Gasteiger partial charge in [0, 0.05) is 11.3 Å². The van der Waals surface area contributed by atoms with Gasteiger partial charge in [0.2, 0.25) is 0 Å². The van der Waals surface area contributed by atoms with Crippen LogP contribution in [0.25, 0.3) is 0 Å². The number of ether oxygens (including phenoxy) is 1. The van der Waals surface area contributed by atoms with Gasteiger partial charge in [-0.15, -0.1) is 11.3 Å². The maximum absolute atomic E-state index is 13.0. The lowest BCUT2D eigenvalue weighted by Crippen LogP contribution is -2.12. The number of hydrogen-bond acceptors (Lipinski definition) is 3. The zero-order chi connectivity index (χ0) is 21.0. The Morgan fingerprint density at radius 2 is 1.83 bits per heavy atom. The highest BCUT2D eigenvalue weighted by Crippen LogP contribution is 2.36. The van der Waals surface area contributed by atoms with Gasteiger partial charge in [-0.25, -0.2) is 0 Å². The van der Waals surface area contributed by atoms with Gasteiger partial charge in [-0.3, -0.25) is 4.79 Å². The fourth-order valence-corrected chi connectivity index (χ4v) is 3.59. The first-order chi connectivity index (χ1) is 13.8. The molecule has 0 aliphatic carbocycles. The number of benzene rings is 2. The number of carbonyl (C=O) groups excluding carboxylic acids is 1. The van der Waals surface area contributed by atoms with Crippen LogP contribution >= 0.6 is 22.9 Å². The second kappa shape index (κ2) is 8.88. The second-order valence-electron chi connectivity index (χ2n) is 6.25. The standard InChI is InChI=1S/C21H17ClF3NO2S/c1-2-13-3-6-16(7-4-13)28-11-14-9-19(29-12-14)20(27)26-15-5-8-18(22)17(10-15)21(23,24)25/h3-10,12H,2,11H2,1H3,(H,26,27). The molecule has 0 unspecified atom stereocenters. The predicted octanol–water partition coefficient (Wildman–Crippen LogP) is 6.81. The van der Waals surface area contributed by atoms with Crippen LogP contribution < -0.4 is 10.1 Å². The lowest BCUT2D eigenvalue weighted by atomic mass is 10.2. The van der Waals surface area contributed by atoms with E-state index in [1.54, 1.807) is 11.4 Å². The zero-order valence-corrected chi connectivity index (χ0v) is 16.9. The third-order valence-electron chi connectivity index (χ3n) is 4.14. The van der Waals surface area contributed by atoms with Gasteiger partial charge < -0.3 is 10.1 Å². The predicted molar refractivity (Wildman–Crippen MR) is 109 cm³/mol. The number of carbonyl (C=O) groups is 1. The van der Waals surface area contributed by atoms with E-state index in [1.807, 2.05) is 24.3 Å². The van der Waals surface area contributed by atoms with Gasteiger partial charge >= 0.3 is 6.18 Å². The Balaban J connectivity index is 1.63. The maximum Gasteiger partial charge on any atom is 0.417 e. The number of rotatable bonds is 6. The summed E-state index contributed by atoms with van der Waals surface area (Å²) in [6.07, 6.45) is -3.65.